The van der Waals surface area contributed by atoms with E-state index in [1.807, 2.05) is 6.92 Å². The highest BCUT2D eigenvalue weighted by atomic mass is 31.3. The zero-order valence-corrected chi connectivity index (χ0v) is 31.5. The first-order valence-electron chi connectivity index (χ1n) is 16.6. The van der Waals surface area contributed by atoms with Crippen molar-refractivity contribution in [3.8, 4) is 11.5 Å². The SMILES string of the molecule is CCCCCOC(=O)Nc1ncn(C2OC(COP(=O)(O)OP(=O)(OCc3ccc(OC(C)=O)cc3)OCc3ccc(OC(C)=O)cc3)[C@@H](O)[C@H]2O)c(=O)n1. The summed E-state index contributed by atoms with van der Waals surface area (Å²) in [4.78, 5) is 65.1. The quantitative estimate of drug-likeness (QED) is 0.0583. The van der Waals surface area contributed by atoms with Gasteiger partial charge >= 0.3 is 39.4 Å². The number of phosphoric ester groups is 2. The predicted molar refractivity (Wildman–Crippen MR) is 186 cm³/mol. The molecule has 1 saturated heterocycles. The smallest absolute Gasteiger partial charge is 0.449 e. The van der Waals surface area contributed by atoms with E-state index in [0.717, 1.165) is 19.2 Å². The number of rotatable bonds is 19. The van der Waals surface area contributed by atoms with Gasteiger partial charge in [-0.3, -0.25) is 33.0 Å². The maximum atomic E-state index is 13.7. The van der Waals surface area contributed by atoms with E-state index in [1.54, 1.807) is 0 Å². The summed E-state index contributed by atoms with van der Waals surface area (Å²) in [6.07, 6.45) is -4.36. The van der Waals surface area contributed by atoms with Crippen molar-refractivity contribution in [1.29, 1.82) is 0 Å². The standard InChI is InChI=1S/C32H40N4O17P2/c1-4-5-6-15-46-32(42)35-30-33-19-36(31(41)34-30)29-28(40)27(39)26(52-29)18-47-54(43,44)53-55(45,48-16-22-7-11-24(12-8-22)50-20(2)37)49-17-23-9-13-25(14-10-23)51-21(3)38/h7-14,19,26-29,39-40H,4-6,15-18H2,1-3H3,(H,43,44)(H,34,35,41,42)/t26?,27-,28-,29?/m1/s1. The Bertz CT molecular complexity index is 1860. The highest BCUT2D eigenvalue weighted by Gasteiger charge is 2.46. The van der Waals surface area contributed by atoms with Crippen LogP contribution < -0.4 is 20.5 Å². The fraction of sp³-hybridized carbons (Fsp3) is 0.438. The topological polar surface area (TPSA) is 280 Å². The molecule has 4 N–H and O–H groups in total. The minimum atomic E-state index is -5.38. The number of benzene rings is 2. The first-order chi connectivity index (χ1) is 26.1. The number of hydrogen-bond donors (Lipinski definition) is 4. The number of aromatic nitrogens is 3. The minimum Gasteiger partial charge on any atom is -0.449 e. The van der Waals surface area contributed by atoms with Crippen LogP contribution in [0.4, 0.5) is 10.7 Å². The lowest BCUT2D eigenvalue weighted by Crippen LogP contribution is -2.36. The van der Waals surface area contributed by atoms with Crippen LogP contribution in [0.15, 0.2) is 59.7 Å². The van der Waals surface area contributed by atoms with Crippen molar-refractivity contribution < 1.29 is 75.4 Å². The summed E-state index contributed by atoms with van der Waals surface area (Å²) in [7, 11) is -10.4. The van der Waals surface area contributed by atoms with Gasteiger partial charge in [0.05, 0.1) is 26.4 Å². The molecular weight excluding hydrogens is 774 g/mol. The molecule has 0 bridgehead atoms. The summed E-state index contributed by atoms with van der Waals surface area (Å²) in [5.74, 6) is -1.10. The van der Waals surface area contributed by atoms with Gasteiger partial charge in [-0.1, -0.05) is 44.0 Å². The van der Waals surface area contributed by atoms with Crippen LogP contribution in [0.25, 0.3) is 0 Å². The minimum absolute atomic E-state index is 0.146. The normalized spacial score (nSPS) is 19.3. The molecule has 55 heavy (non-hydrogen) atoms. The number of unbranched alkanes of at least 4 members (excludes halogenated alkanes) is 2. The van der Waals surface area contributed by atoms with Crippen LogP contribution in [0.2, 0.25) is 0 Å². The summed E-state index contributed by atoms with van der Waals surface area (Å²) >= 11 is 0. The van der Waals surface area contributed by atoms with E-state index in [9.17, 15) is 43.4 Å². The molecule has 2 aromatic carbocycles. The third-order valence-electron chi connectivity index (χ3n) is 7.29. The number of hydrogen-bond acceptors (Lipinski definition) is 18. The fourth-order valence-electron chi connectivity index (χ4n) is 4.67. The van der Waals surface area contributed by atoms with Gasteiger partial charge < -0.3 is 34.1 Å². The number of carbonyl (C=O) groups is 3. The number of anilines is 1. The number of aliphatic hydroxyl groups excluding tert-OH is 2. The molecule has 1 aliphatic rings. The van der Waals surface area contributed by atoms with Gasteiger partial charge in [0.15, 0.2) is 6.23 Å². The highest BCUT2D eigenvalue weighted by molar-refractivity contribution is 7.61. The summed E-state index contributed by atoms with van der Waals surface area (Å²) in [5, 5.41) is 23.4. The largest absolute Gasteiger partial charge is 0.484 e. The average Bonchev–Trinajstić information content (AvgIpc) is 3.40. The van der Waals surface area contributed by atoms with Crippen LogP contribution in [0, 0.1) is 0 Å². The van der Waals surface area contributed by atoms with Gasteiger partial charge in [0.2, 0.25) is 5.95 Å². The second kappa shape index (κ2) is 20.0. The Morgan fingerprint density at radius 1 is 0.873 bits per heavy atom. The number of esters is 2. The van der Waals surface area contributed by atoms with Crippen LogP contribution in [-0.2, 0) is 59.3 Å². The zero-order chi connectivity index (χ0) is 40.2. The molecule has 1 amide bonds. The molecular formula is C32H40N4O17P2. The van der Waals surface area contributed by atoms with E-state index in [1.165, 1.54) is 62.4 Å². The Kier molecular flexibility index (Phi) is 15.7. The van der Waals surface area contributed by atoms with Crippen LogP contribution in [0.5, 0.6) is 11.5 Å². The van der Waals surface area contributed by atoms with Crippen LogP contribution >= 0.6 is 15.6 Å². The Morgan fingerprint density at radius 3 is 1.95 bits per heavy atom. The van der Waals surface area contributed by atoms with E-state index in [0.29, 0.717) is 22.1 Å². The Balaban J connectivity index is 1.40. The number of nitrogens with one attached hydrogen (secondary N) is 1. The molecule has 3 aromatic rings. The molecule has 300 valence electrons. The summed E-state index contributed by atoms with van der Waals surface area (Å²) in [6, 6.07) is 11.5. The van der Waals surface area contributed by atoms with Gasteiger partial charge in [-0.25, -0.2) is 23.7 Å². The van der Waals surface area contributed by atoms with Crippen LogP contribution in [-0.4, -0.2) is 79.2 Å². The number of phosphoric acid groups is 2. The molecule has 21 nitrogen and oxygen atoms in total. The number of amides is 1. The van der Waals surface area contributed by atoms with E-state index in [-0.39, 0.29) is 18.1 Å². The molecule has 0 spiro atoms. The lowest BCUT2D eigenvalue weighted by molar-refractivity contribution is -0.132. The van der Waals surface area contributed by atoms with E-state index < -0.39 is 89.7 Å². The second-order valence-electron chi connectivity index (χ2n) is 11.7. The Morgan fingerprint density at radius 2 is 1.44 bits per heavy atom. The number of aliphatic hydroxyl groups is 2. The lowest BCUT2D eigenvalue weighted by atomic mass is 10.1. The highest BCUT2D eigenvalue weighted by Crippen LogP contribution is 2.64. The van der Waals surface area contributed by atoms with Gasteiger partial charge in [-0.15, -0.1) is 0 Å². The van der Waals surface area contributed by atoms with Crippen molar-refractivity contribution in [2.75, 3.05) is 18.5 Å². The van der Waals surface area contributed by atoms with Gasteiger partial charge in [0.25, 0.3) is 0 Å². The fourth-order valence-corrected chi connectivity index (χ4v) is 7.27. The van der Waals surface area contributed by atoms with Crippen molar-refractivity contribution in [3.05, 3.63) is 76.5 Å². The summed E-state index contributed by atoms with van der Waals surface area (Å²) < 4.78 is 68.5. The first-order valence-corrected chi connectivity index (χ1v) is 19.5. The summed E-state index contributed by atoms with van der Waals surface area (Å²) in [6.45, 7) is 2.62. The molecule has 1 aliphatic heterocycles. The molecule has 3 unspecified atom stereocenters. The van der Waals surface area contributed by atoms with E-state index in [2.05, 4.69) is 15.3 Å². The first kappa shape index (κ1) is 43.3. The molecule has 4 rings (SSSR count). The predicted octanol–water partition coefficient (Wildman–Crippen LogP) is 3.52. The third-order valence-corrected chi connectivity index (χ3v) is 10.3. The van der Waals surface area contributed by atoms with E-state index >= 15 is 0 Å². The van der Waals surface area contributed by atoms with Crippen molar-refractivity contribution in [2.45, 2.75) is 77.8 Å². The maximum Gasteiger partial charge on any atom is 0.484 e. The average molecular weight is 815 g/mol. The molecule has 2 heterocycles. The van der Waals surface area contributed by atoms with Crippen molar-refractivity contribution in [3.63, 3.8) is 0 Å². The third kappa shape index (κ3) is 13.7. The van der Waals surface area contributed by atoms with Crippen molar-refractivity contribution in [2.24, 2.45) is 0 Å². The van der Waals surface area contributed by atoms with Gasteiger partial charge in [0, 0.05) is 13.8 Å². The number of carbonyl (C=O) groups excluding carboxylic acids is 3. The molecule has 0 aliphatic carbocycles. The van der Waals surface area contributed by atoms with E-state index in [4.69, 9.17) is 36.8 Å². The molecule has 0 radical (unpaired) electrons. The molecule has 5 atom stereocenters. The zero-order valence-electron chi connectivity index (χ0n) is 29.7. The molecule has 23 heteroatoms. The summed E-state index contributed by atoms with van der Waals surface area (Å²) in [5.41, 5.74) is -0.339. The van der Waals surface area contributed by atoms with Gasteiger partial charge in [-0.05, 0) is 41.8 Å². The van der Waals surface area contributed by atoms with Gasteiger partial charge in [0.1, 0.15) is 36.1 Å². The molecule has 1 aromatic heterocycles. The second-order valence-corrected chi connectivity index (χ2v) is 15.0. The van der Waals surface area contributed by atoms with Crippen LogP contribution in [0.3, 0.4) is 0 Å². The van der Waals surface area contributed by atoms with Crippen molar-refractivity contribution in [1.82, 2.24) is 14.5 Å². The number of ether oxygens (including phenoxy) is 4. The number of nitrogens with zero attached hydrogens (tertiary/aromatic N) is 3. The van der Waals surface area contributed by atoms with Crippen LogP contribution in [0.1, 0.15) is 57.4 Å². The lowest BCUT2D eigenvalue weighted by Gasteiger charge is -2.22. The molecule has 1 fully saturated rings. The van der Waals surface area contributed by atoms with Crippen molar-refractivity contribution >= 4 is 39.6 Å². The molecule has 0 saturated carbocycles. The van der Waals surface area contributed by atoms with Gasteiger partial charge in [-0.2, -0.15) is 9.29 Å². The Labute approximate surface area is 313 Å². The maximum absolute atomic E-state index is 13.7. The Hall–Kier alpha value is -4.40. The monoisotopic (exact) mass is 814 g/mol.